The van der Waals surface area contributed by atoms with E-state index in [2.05, 4.69) is 49.1 Å². The smallest absolute Gasteiger partial charge is 0.222 e. The lowest BCUT2D eigenvalue weighted by molar-refractivity contribution is -0.114. The SMILES string of the molecule is CC(=O)Nc1cccc(N2CCN(C(C)c3ccc4nccnc4c3)CC2)n1. The third-order valence-electron chi connectivity index (χ3n) is 5.20. The second kappa shape index (κ2) is 7.90. The second-order valence-corrected chi connectivity index (χ2v) is 7.07. The van der Waals surface area contributed by atoms with Gasteiger partial charge >= 0.3 is 0 Å². The van der Waals surface area contributed by atoms with Gasteiger partial charge in [-0.1, -0.05) is 12.1 Å². The molecule has 0 aliphatic carbocycles. The number of fused-ring (bicyclic) bond motifs is 1. The van der Waals surface area contributed by atoms with Crippen LogP contribution in [0.1, 0.15) is 25.5 Å². The summed E-state index contributed by atoms with van der Waals surface area (Å²) in [5, 5.41) is 2.75. The summed E-state index contributed by atoms with van der Waals surface area (Å²) in [6, 6.07) is 12.4. The van der Waals surface area contributed by atoms with Crippen molar-refractivity contribution in [2.24, 2.45) is 0 Å². The fourth-order valence-electron chi connectivity index (χ4n) is 3.64. The quantitative estimate of drug-likeness (QED) is 0.755. The average Bonchev–Trinajstić information content (AvgIpc) is 2.73. The van der Waals surface area contributed by atoms with Crippen molar-refractivity contribution in [1.82, 2.24) is 19.9 Å². The maximum absolute atomic E-state index is 11.3. The highest BCUT2D eigenvalue weighted by atomic mass is 16.1. The predicted molar refractivity (Wildman–Crippen MR) is 110 cm³/mol. The third-order valence-corrected chi connectivity index (χ3v) is 5.20. The molecule has 1 saturated heterocycles. The first-order valence-corrected chi connectivity index (χ1v) is 9.54. The number of nitrogens with zero attached hydrogens (tertiary/aromatic N) is 5. The molecule has 2 aromatic heterocycles. The Balaban J connectivity index is 1.42. The predicted octanol–water partition coefficient (Wildman–Crippen LogP) is 2.87. The van der Waals surface area contributed by atoms with E-state index in [1.807, 2.05) is 24.3 Å². The fourth-order valence-corrected chi connectivity index (χ4v) is 3.64. The molecule has 4 rings (SSSR count). The fraction of sp³-hybridized carbons (Fsp3) is 0.333. The number of pyridine rings is 1. The van der Waals surface area contributed by atoms with Crippen LogP contribution in [-0.4, -0.2) is 51.9 Å². The first kappa shape index (κ1) is 18.3. The molecule has 144 valence electrons. The second-order valence-electron chi connectivity index (χ2n) is 7.07. The molecule has 1 aliphatic rings. The Labute approximate surface area is 164 Å². The number of benzene rings is 1. The van der Waals surface area contributed by atoms with Gasteiger partial charge in [-0.25, -0.2) is 4.98 Å². The summed E-state index contributed by atoms with van der Waals surface area (Å²) in [6.07, 6.45) is 3.46. The van der Waals surface area contributed by atoms with E-state index in [1.165, 1.54) is 12.5 Å². The third kappa shape index (κ3) is 3.94. The van der Waals surface area contributed by atoms with Crippen LogP contribution in [0.4, 0.5) is 11.6 Å². The van der Waals surface area contributed by atoms with Crippen LogP contribution in [0.3, 0.4) is 0 Å². The molecule has 28 heavy (non-hydrogen) atoms. The lowest BCUT2D eigenvalue weighted by Gasteiger charge is -2.38. The van der Waals surface area contributed by atoms with E-state index < -0.39 is 0 Å². The van der Waals surface area contributed by atoms with Gasteiger partial charge in [0.25, 0.3) is 0 Å². The van der Waals surface area contributed by atoms with Gasteiger partial charge < -0.3 is 10.2 Å². The molecule has 1 aliphatic heterocycles. The maximum atomic E-state index is 11.3. The van der Waals surface area contributed by atoms with E-state index in [0.717, 1.165) is 43.0 Å². The Hall–Kier alpha value is -3.06. The highest BCUT2D eigenvalue weighted by Gasteiger charge is 2.23. The summed E-state index contributed by atoms with van der Waals surface area (Å²) in [7, 11) is 0. The van der Waals surface area contributed by atoms with Gasteiger partial charge in [-0.2, -0.15) is 0 Å². The summed E-state index contributed by atoms with van der Waals surface area (Å²) in [4.78, 5) is 29.3. The van der Waals surface area contributed by atoms with Crippen LogP contribution in [0, 0.1) is 0 Å². The minimum atomic E-state index is -0.108. The number of anilines is 2. The van der Waals surface area contributed by atoms with E-state index in [4.69, 9.17) is 0 Å². The number of hydrogen-bond acceptors (Lipinski definition) is 6. The van der Waals surface area contributed by atoms with Crippen LogP contribution in [0.5, 0.6) is 0 Å². The largest absolute Gasteiger partial charge is 0.354 e. The van der Waals surface area contributed by atoms with E-state index >= 15 is 0 Å². The number of carbonyl (C=O) groups excluding carboxylic acids is 1. The van der Waals surface area contributed by atoms with Gasteiger partial charge in [0.15, 0.2) is 0 Å². The lowest BCUT2D eigenvalue weighted by atomic mass is 10.0. The number of amides is 1. The summed E-state index contributed by atoms with van der Waals surface area (Å²) >= 11 is 0. The van der Waals surface area contributed by atoms with Crippen molar-refractivity contribution < 1.29 is 4.79 Å². The average molecular weight is 376 g/mol. The van der Waals surface area contributed by atoms with Crippen LogP contribution < -0.4 is 10.2 Å². The summed E-state index contributed by atoms with van der Waals surface area (Å²) < 4.78 is 0. The molecule has 1 fully saturated rings. The van der Waals surface area contributed by atoms with Crippen molar-refractivity contribution in [3.05, 3.63) is 54.4 Å². The molecule has 7 heteroatoms. The molecule has 7 nitrogen and oxygen atoms in total. The van der Waals surface area contributed by atoms with Gasteiger partial charge in [0.2, 0.25) is 5.91 Å². The zero-order chi connectivity index (χ0) is 19.5. The molecule has 3 aromatic rings. The van der Waals surface area contributed by atoms with Crippen molar-refractivity contribution in [3.63, 3.8) is 0 Å². The highest BCUT2D eigenvalue weighted by molar-refractivity contribution is 5.87. The molecule has 1 amide bonds. The van der Waals surface area contributed by atoms with Crippen molar-refractivity contribution in [2.75, 3.05) is 36.4 Å². The highest BCUT2D eigenvalue weighted by Crippen LogP contribution is 2.25. The van der Waals surface area contributed by atoms with Gasteiger partial charge in [-0.05, 0) is 36.8 Å². The zero-order valence-electron chi connectivity index (χ0n) is 16.2. The number of rotatable bonds is 4. The Bertz CT molecular complexity index is 983. The van der Waals surface area contributed by atoms with Crippen molar-refractivity contribution in [2.45, 2.75) is 19.9 Å². The van der Waals surface area contributed by atoms with E-state index in [1.54, 1.807) is 12.4 Å². The monoisotopic (exact) mass is 376 g/mol. The van der Waals surface area contributed by atoms with Crippen LogP contribution in [0.2, 0.25) is 0 Å². The molecular formula is C21H24N6O. The molecule has 0 radical (unpaired) electrons. The zero-order valence-corrected chi connectivity index (χ0v) is 16.2. The Morgan fingerprint density at radius 1 is 1.04 bits per heavy atom. The first-order valence-electron chi connectivity index (χ1n) is 9.54. The van der Waals surface area contributed by atoms with Crippen LogP contribution >= 0.6 is 0 Å². The van der Waals surface area contributed by atoms with Gasteiger partial charge in [0.05, 0.1) is 11.0 Å². The summed E-state index contributed by atoms with van der Waals surface area (Å²) in [6.45, 7) is 7.43. The number of hydrogen-bond donors (Lipinski definition) is 1. The Morgan fingerprint density at radius 2 is 1.79 bits per heavy atom. The van der Waals surface area contributed by atoms with E-state index in [-0.39, 0.29) is 5.91 Å². The molecule has 3 heterocycles. The molecule has 1 aromatic carbocycles. The van der Waals surface area contributed by atoms with Crippen molar-refractivity contribution in [1.29, 1.82) is 0 Å². The molecular weight excluding hydrogens is 352 g/mol. The molecule has 1 atom stereocenters. The normalized spacial score (nSPS) is 16.1. The Kier molecular flexibility index (Phi) is 5.16. The maximum Gasteiger partial charge on any atom is 0.222 e. The molecule has 0 spiro atoms. The van der Waals surface area contributed by atoms with E-state index in [0.29, 0.717) is 11.9 Å². The van der Waals surface area contributed by atoms with Crippen LogP contribution in [-0.2, 0) is 4.79 Å². The van der Waals surface area contributed by atoms with E-state index in [9.17, 15) is 4.79 Å². The van der Waals surface area contributed by atoms with Gasteiger partial charge in [-0.15, -0.1) is 0 Å². The minimum absolute atomic E-state index is 0.108. The topological polar surface area (TPSA) is 74.2 Å². The molecule has 0 saturated carbocycles. The standard InChI is InChI=1S/C21H24N6O/c1-15(17-6-7-18-19(14-17)23-9-8-22-18)26-10-12-27(13-11-26)21-5-3-4-20(25-21)24-16(2)28/h3-9,14-15H,10-13H2,1-2H3,(H,24,25,28). The van der Waals surface area contributed by atoms with Gasteiger partial charge in [-0.3, -0.25) is 19.7 Å². The van der Waals surface area contributed by atoms with Crippen molar-refractivity contribution in [3.8, 4) is 0 Å². The Morgan fingerprint density at radius 3 is 2.54 bits per heavy atom. The van der Waals surface area contributed by atoms with Gasteiger partial charge in [0, 0.05) is 51.5 Å². The van der Waals surface area contributed by atoms with Crippen LogP contribution in [0.25, 0.3) is 11.0 Å². The van der Waals surface area contributed by atoms with Crippen LogP contribution in [0.15, 0.2) is 48.8 Å². The minimum Gasteiger partial charge on any atom is -0.354 e. The number of aromatic nitrogens is 3. The molecule has 1 unspecified atom stereocenters. The molecule has 0 bridgehead atoms. The summed E-state index contributed by atoms with van der Waals surface area (Å²) in [5.41, 5.74) is 3.12. The van der Waals surface area contributed by atoms with Gasteiger partial charge in [0.1, 0.15) is 11.6 Å². The number of carbonyl (C=O) groups is 1. The summed E-state index contributed by atoms with van der Waals surface area (Å²) in [5.74, 6) is 1.39. The lowest BCUT2D eigenvalue weighted by Crippen LogP contribution is -2.47. The van der Waals surface area contributed by atoms with Crippen molar-refractivity contribution >= 4 is 28.6 Å². The number of piperazine rings is 1. The molecule has 1 N–H and O–H groups in total. The first-order chi connectivity index (χ1) is 13.6. The number of nitrogens with one attached hydrogen (secondary N) is 1.